The number of rotatable bonds is 4. The van der Waals surface area contributed by atoms with E-state index < -0.39 is 0 Å². The van der Waals surface area contributed by atoms with Crippen LogP contribution >= 0.6 is 0 Å². The summed E-state index contributed by atoms with van der Waals surface area (Å²) in [6.45, 7) is 5.78. The zero-order valence-electron chi connectivity index (χ0n) is 15.9. The lowest BCUT2D eigenvalue weighted by Gasteiger charge is -2.26. The van der Waals surface area contributed by atoms with Crippen molar-refractivity contribution < 1.29 is 4.79 Å². The summed E-state index contributed by atoms with van der Waals surface area (Å²) in [4.78, 5) is 30.2. The van der Waals surface area contributed by atoms with Gasteiger partial charge in [0.2, 0.25) is 5.91 Å². The Hall–Kier alpha value is -2.24. The highest BCUT2D eigenvalue weighted by Gasteiger charge is 2.36. The van der Waals surface area contributed by atoms with Crippen LogP contribution in [0.1, 0.15) is 43.4 Å². The van der Waals surface area contributed by atoms with Gasteiger partial charge in [-0.2, -0.15) is 0 Å². The average Bonchev–Trinajstić information content (AvgIpc) is 3.23. The topological polar surface area (TPSA) is 62.2 Å². The number of aryl methyl sites for hydroxylation is 2. The van der Waals surface area contributed by atoms with Gasteiger partial charge in [-0.25, -0.2) is 15.0 Å². The van der Waals surface area contributed by atoms with Crippen LogP contribution in [-0.2, 0) is 4.79 Å². The van der Waals surface area contributed by atoms with Crippen LogP contribution in [0.5, 0.6) is 0 Å². The molecule has 2 aromatic rings. The van der Waals surface area contributed by atoms with E-state index >= 15 is 0 Å². The molecule has 138 valence electrons. The molecule has 1 saturated carbocycles. The van der Waals surface area contributed by atoms with Gasteiger partial charge in [0.05, 0.1) is 5.39 Å². The predicted molar refractivity (Wildman–Crippen MR) is 102 cm³/mol. The summed E-state index contributed by atoms with van der Waals surface area (Å²) < 4.78 is 0. The lowest BCUT2D eigenvalue weighted by atomic mass is 10.1. The number of hydrogen-bond donors (Lipinski definition) is 0. The van der Waals surface area contributed by atoms with Crippen LogP contribution in [-0.4, -0.2) is 51.9 Å². The second kappa shape index (κ2) is 6.82. The first-order valence-electron chi connectivity index (χ1n) is 9.62. The number of aromatic nitrogens is 3. The van der Waals surface area contributed by atoms with E-state index in [0.717, 1.165) is 41.2 Å². The maximum absolute atomic E-state index is 12.5. The van der Waals surface area contributed by atoms with Gasteiger partial charge in [0, 0.05) is 44.2 Å². The monoisotopic (exact) mass is 353 g/mol. The first kappa shape index (κ1) is 17.2. The van der Waals surface area contributed by atoms with Gasteiger partial charge in [-0.15, -0.1) is 0 Å². The fourth-order valence-electron chi connectivity index (χ4n) is 4.65. The molecule has 2 aliphatic rings. The Balaban J connectivity index is 1.53. The van der Waals surface area contributed by atoms with Crippen LogP contribution in [0, 0.1) is 19.8 Å². The average molecular weight is 353 g/mol. The third kappa shape index (κ3) is 3.13. The quantitative estimate of drug-likeness (QED) is 0.846. The third-order valence-corrected chi connectivity index (χ3v) is 5.81. The Labute approximate surface area is 154 Å². The Morgan fingerprint density at radius 3 is 2.77 bits per heavy atom. The third-order valence-electron chi connectivity index (χ3n) is 5.81. The molecule has 0 aromatic carbocycles. The SMILES string of the molecule is Cc1cc(C)c2c(N(C)CC3CC(=O)N(C4CCCC4)C3)ncnc2n1. The number of pyridine rings is 1. The number of carbonyl (C=O) groups excluding carboxylic acids is 1. The molecule has 0 spiro atoms. The highest BCUT2D eigenvalue weighted by Crippen LogP contribution is 2.31. The van der Waals surface area contributed by atoms with Gasteiger partial charge in [-0.05, 0) is 38.3 Å². The molecule has 1 aliphatic heterocycles. The van der Waals surface area contributed by atoms with Gasteiger partial charge in [0.25, 0.3) is 0 Å². The number of hydrogen-bond acceptors (Lipinski definition) is 5. The summed E-state index contributed by atoms with van der Waals surface area (Å²) >= 11 is 0. The smallest absolute Gasteiger partial charge is 0.223 e. The minimum Gasteiger partial charge on any atom is -0.359 e. The number of carbonyl (C=O) groups is 1. The first-order valence-corrected chi connectivity index (χ1v) is 9.62. The molecule has 6 nitrogen and oxygen atoms in total. The van der Waals surface area contributed by atoms with E-state index in [4.69, 9.17) is 0 Å². The van der Waals surface area contributed by atoms with Gasteiger partial charge in [-0.1, -0.05) is 12.8 Å². The molecule has 1 atom stereocenters. The summed E-state index contributed by atoms with van der Waals surface area (Å²) in [7, 11) is 2.06. The van der Waals surface area contributed by atoms with E-state index in [1.807, 2.05) is 6.92 Å². The first-order chi connectivity index (χ1) is 12.5. The van der Waals surface area contributed by atoms with Crippen LogP contribution in [0.15, 0.2) is 12.4 Å². The van der Waals surface area contributed by atoms with Crippen LogP contribution in [0.25, 0.3) is 11.0 Å². The molecule has 2 aromatic heterocycles. The minimum atomic E-state index is 0.330. The fraction of sp³-hybridized carbons (Fsp3) is 0.600. The van der Waals surface area contributed by atoms with Crippen molar-refractivity contribution in [2.75, 3.05) is 25.0 Å². The summed E-state index contributed by atoms with van der Waals surface area (Å²) in [6, 6.07) is 2.55. The van der Waals surface area contributed by atoms with Gasteiger partial charge < -0.3 is 9.80 Å². The Bertz CT molecular complexity index is 830. The highest BCUT2D eigenvalue weighted by atomic mass is 16.2. The van der Waals surface area contributed by atoms with Gasteiger partial charge in [0.1, 0.15) is 12.1 Å². The molecule has 26 heavy (non-hydrogen) atoms. The van der Waals surface area contributed by atoms with E-state index in [1.54, 1.807) is 6.33 Å². The summed E-state index contributed by atoms with van der Waals surface area (Å²) in [5.41, 5.74) is 2.86. The van der Waals surface area contributed by atoms with Crippen molar-refractivity contribution in [1.82, 2.24) is 19.9 Å². The Morgan fingerprint density at radius 2 is 2.00 bits per heavy atom. The lowest BCUT2D eigenvalue weighted by molar-refractivity contribution is -0.129. The van der Waals surface area contributed by atoms with Crippen molar-refractivity contribution in [2.24, 2.45) is 5.92 Å². The maximum atomic E-state index is 12.5. The highest BCUT2D eigenvalue weighted by molar-refractivity contribution is 5.90. The molecule has 2 fully saturated rings. The van der Waals surface area contributed by atoms with E-state index in [1.165, 1.54) is 25.7 Å². The molecule has 0 radical (unpaired) electrons. The number of fused-ring (bicyclic) bond motifs is 1. The molecular formula is C20H27N5O. The van der Waals surface area contributed by atoms with E-state index in [9.17, 15) is 4.79 Å². The minimum absolute atomic E-state index is 0.330. The number of anilines is 1. The molecule has 6 heteroatoms. The van der Waals surface area contributed by atoms with Crippen LogP contribution < -0.4 is 4.90 Å². The van der Waals surface area contributed by atoms with Crippen molar-refractivity contribution in [2.45, 2.75) is 52.0 Å². The van der Waals surface area contributed by atoms with Gasteiger partial charge in [-0.3, -0.25) is 4.79 Å². The molecule has 0 N–H and O–H groups in total. The second-order valence-electron chi connectivity index (χ2n) is 7.91. The second-order valence-corrected chi connectivity index (χ2v) is 7.91. The number of amides is 1. The summed E-state index contributed by atoms with van der Waals surface area (Å²) in [5, 5.41) is 1.01. The normalized spacial score (nSPS) is 21.1. The van der Waals surface area contributed by atoms with Crippen LogP contribution in [0.4, 0.5) is 5.82 Å². The van der Waals surface area contributed by atoms with Crippen molar-refractivity contribution >= 4 is 22.8 Å². The number of nitrogens with zero attached hydrogens (tertiary/aromatic N) is 5. The zero-order valence-corrected chi connectivity index (χ0v) is 15.9. The molecular weight excluding hydrogens is 326 g/mol. The predicted octanol–water partition coefficient (Wildman–Crippen LogP) is 2.87. The fourth-order valence-corrected chi connectivity index (χ4v) is 4.65. The molecule has 0 bridgehead atoms. The molecule has 1 aliphatic carbocycles. The maximum Gasteiger partial charge on any atom is 0.223 e. The lowest BCUT2D eigenvalue weighted by Crippen LogP contribution is -2.35. The van der Waals surface area contributed by atoms with Gasteiger partial charge in [0.15, 0.2) is 5.65 Å². The molecule has 4 rings (SSSR count). The molecule has 1 unspecified atom stereocenters. The van der Waals surface area contributed by atoms with Crippen molar-refractivity contribution in [3.63, 3.8) is 0 Å². The van der Waals surface area contributed by atoms with Gasteiger partial charge >= 0.3 is 0 Å². The largest absolute Gasteiger partial charge is 0.359 e. The standard InChI is InChI=1S/C20H27N5O/c1-13-8-14(2)23-19-18(13)20(22-12-21-19)24(3)10-15-9-17(26)25(11-15)16-6-4-5-7-16/h8,12,15-16H,4-7,9-11H2,1-3H3. The van der Waals surface area contributed by atoms with Crippen molar-refractivity contribution in [1.29, 1.82) is 0 Å². The van der Waals surface area contributed by atoms with Crippen LogP contribution in [0.2, 0.25) is 0 Å². The van der Waals surface area contributed by atoms with E-state index in [2.05, 4.69) is 44.8 Å². The Morgan fingerprint density at radius 1 is 1.23 bits per heavy atom. The van der Waals surface area contributed by atoms with E-state index in [0.29, 0.717) is 24.3 Å². The van der Waals surface area contributed by atoms with E-state index in [-0.39, 0.29) is 0 Å². The van der Waals surface area contributed by atoms with Crippen LogP contribution in [0.3, 0.4) is 0 Å². The molecule has 1 amide bonds. The molecule has 3 heterocycles. The number of likely N-dealkylation sites (tertiary alicyclic amines) is 1. The molecule has 1 saturated heterocycles. The zero-order chi connectivity index (χ0) is 18.3. The summed E-state index contributed by atoms with van der Waals surface area (Å²) in [5.74, 6) is 1.60. The summed E-state index contributed by atoms with van der Waals surface area (Å²) in [6.07, 6.45) is 7.12. The van der Waals surface area contributed by atoms with Crippen molar-refractivity contribution in [3.05, 3.63) is 23.7 Å². The Kier molecular flexibility index (Phi) is 4.51. The van der Waals surface area contributed by atoms with Crippen molar-refractivity contribution in [3.8, 4) is 0 Å².